The first kappa shape index (κ1) is 15.5. The first-order chi connectivity index (χ1) is 11.2. The third-order valence-corrected chi connectivity index (χ3v) is 4.18. The number of anilines is 1. The smallest absolute Gasteiger partial charge is 0.272 e. The number of imidazole rings is 1. The number of aromatic nitrogens is 3. The fourth-order valence-electron chi connectivity index (χ4n) is 2.83. The van der Waals surface area contributed by atoms with Crippen molar-refractivity contribution < 1.29 is 9.90 Å². The van der Waals surface area contributed by atoms with Gasteiger partial charge in [-0.15, -0.1) is 0 Å². The second kappa shape index (κ2) is 6.78. The van der Waals surface area contributed by atoms with Gasteiger partial charge in [0.2, 0.25) is 0 Å². The van der Waals surface area contributed by atoms with Crippen LogP contribution in [0.1, 0.15) is 29.0 Å². The van der Waals surface area contributed by atoms with Gasteiger partial charge in [0.15, 0.2) is 0 Å². The summed E-state index contributed by atoms with van der Waals surface area (Å²) in [7, 11) is 1.93. The van der Waals surface area contributed by atoms with Gasteiger partial charge < -0.3 is 19.9 Å². The number of amides is 1. The summed E-state index contributed by atoms with van der Waals surface area (Å²) in [6.45, 7) is 1.27. The summed E-state index contributed by atoms with van der Waals surface area (Å²) < 4.78 is 1.93. The number of aliphatic hydroxyl groups is 1. The number of nitrogens with zero attached hydrogens (tertiary/aromatic N) is 4. The minimum atomic E-state index is -0.120. The molecule has 0 aromatic carbocycles. The minimum Gasteiger partial charge on any atom is -0.394 e. The SMILES string of the molecule is Cn1cncc1CNc1cccc(C(=O)N2CCCC2CO)n1. The molecular formula is C16H21N5O2. The molecule has 3 rings (SSSR count). The van der Waals surface area contributed by atoms with Crippen LogP contribution >= 0.6 is 0 Å². The molecular weight excluding hydrogens is 294 g/mol. The molecule has 0 aliphatic carbocycles. The number of nitrogens with one attached hydrogen (secondary N) is 1. The van der Waals surface area contributed by atoms with Gasteiger partial charge in [-0.05, 0) is 25.0 Å². The van der Waals surface area contributed by atoms with E-state index in [-0.39, 0.29) is 18.6 Å². The van der Waals surface area contributed by atoms with E-state index in [1.807, 2.05) is 23.7 Å². The lowest BCUT2D eigenvalue weighted by atomic mass is 10.2. The first-order valence-corrected chi connectivity index (χ1v) is 7.77. The van der Waals surface area contributed by atoms with Crippen LogP contribution in [0.2, 0.25) is 0 Å². The Labute approximate surface area is 135 Å². The number of aliphatic hydroxyl groups excluding tert-OH is 1. The Morgan fingerprint density at radius 1 is 1.48 bits per heavy atom. The van der Waals surface area contributed by atoms with Gasteiger partial charge in [0.1, 0.15) is 11.5 Å². The topological polar surface area (TPSA) is 83.3 Å². The van der Waals surface area contributed by atoms with Gasteiger partial charge in [-0.25, -0.2) is 9.97 Å². The number of carbonyl (C=O) groups excluding carboxylic acids is 1. The molecule has 23 heavy (non-hydrogen) atoms. The van der Waals surface area contributed by atoms with Gasteiger partial charge in [-0.2, -0.15) is 0 Å². The summed E-state index contributed by atoms with van der Waals surface area (Å²) in [6.07, 6.45) is 5.31. The molecule has 1 saturated heterocycles. The van der Waals surface area contributed by atoms with E-state index in [0.29, 0.717) is 24.6 Å². The van der Waals surface area contributed by atoms with Crippen molar-refractivity contribution in [1.29, 1.82) is 0 Å². The van der Waals surface area contributed by atoms with Crippen molar-refractivity contribution in [3.8, 4) is 0 Å². The molecule has 7 nitrogen and oxygen atoms in total. The average molecular weight is 315 g/mol. The van der Waals surface area contributed by atoms with Crippen molar-refractivity contribution in [3.63, 3.8) is 0 Å². The van der Waals surface area contributed by atoms with E-state index in [9.17, 15) is 9.90 Å². The molecule has 1 aliphatic rings. The molecule has 0 bridgehead atoms. The highest BCUT2D eigenvalue weighted by Crippen LogP contribution is 2.19. The lowest BCUT2D eigenvalue weighted by Gasteiger charge is -2.22. The number of likely N-dealkylation sites (tertiary alicyclic amines) is 1. The Bertz CT molecular complexity index is 685. The van der Waals surface area contributed by atoms with Crippen LogP contribution in [-0.2, 0) is 13.6 Å². The molecule has 0 radical (unpaired) electrons. The number of rotatable bonds is 5. The third kappa shape index (κ3) is 3.34. The van der Waals surface area contributed by atoms with Crippen LogP contribution in [0.15, 0.2) is 30.7 Å². The zero-order valence-electron chi connectivity index (χ0n) is 13.1. The highest BCUT2D eigenvalue weighted by atomic mass is 16.3. The average Bonchev–Trinajstić information content (AvgIpc) is 3.21. The summed E-state index contributed by atoms with van der Waals surface area (Å²) in [5, 5.41) is 12.6. The van der Waals surface area contributed by atoms with Crippen molar-refractivity contribution in [3.05, 3.63) is 42.1 Å². The quantitative estimate of drug-likeness (QED) is 0.861. The van der Waals surface area contributed by atoms with E-state index in [0.717, 1.165) is 18.5 Å². The largest absolute Gasteiger partial charge is 0.394 e. The second-order valence-electron chi connectivity index (χ2n) is 5.73. The summed E-state index contributed by atoms with van der Waals surface area (Å²) in [6, 6.07) is 5.27. The minimum absolute atomic E-state index is 0.00414. The molecule has 0 saturated carbocycles. The second-order valence-corrected chi connectivity index (χ2v) is 5.73. The summed E-state index contributed by atoms with van der Waals surface area (Å²) in [5.41, 5.74) is 1.43. The molecule has 7 heteroatoms. The Kier molecular flexibility index (Phi) is 4.57. The van der Waals surface area contributed by atoms with Crippen molar-refractivity contribution in [2.75, 3.05) is 18.5 Å². The zero-order valence-corrected chi connectivity index (χ0v) is 13.1. The number of carbonyl (C=O) groups is 1. The van der Waals surface area contributed by atoms with Crippen molar-refractivity contribution in [1.82, 2.24) is 19.4 Å². The molecule has 0 spiro atoms. The maximum atomic E-state index is 12.6. The molecule has 2 aromatic rings. The van der Waals surface area contributed by atoms with E-state index in [1.54, 1.807) is 23.5 Å². The first-order valence-electron chi connectivity index (χ1n) is 7.77. The van der Waals surface area contributed by atoms with Gasteiger partial charge >= 0.3 is 0 Å². The predicted molar refractivity (Wildman–Crippen MR) is 85.9 cm³/mol. The molecule has 2 N–H and O–H groups in total. The van der Waals surface area contributed by atoms with Crippen molar-refractivity contribution >= 4 is 11.7 Å². The molecule has 1 unspecified atom stereocenters. The van der Waals surface area contributed by atoms with Crippen molar-refractivity contribution in [2.24, 2.45) is 7.05 Å². The maximum Gasteiger partial charge on any atom is 0.272 e. The van der Waals surface area contributed by atoms with Crippen LogP contribution in [0, 0.1) is 0 Å². The van der Waals surface area contributed by atoms with Crippen LogP contribution in [0.3, 0.4) is 0 Å². The van der Waals surface area contributed by atoms with E-state index in [4.69, 9.17) is 0 Å². The lowest BCUT2D eigenvalue weighted by molar-refractivity contribution is 0.0672. The van der Waals surface area contributed by atoms with Crippen molar-refractivity contribution in [2.45, 2.75) is 25.4 Å². The Balaban J connectivity index is 1.69. The summed E-state index contributed by atoms with van der Waals surface area (Å²) >= 11 is 0. The van der Waals surface area contributed by atoms with E-state index >= 15 is 0 Å². The highest BCUT2D eigenvalue weighted by Gasteiger charge is 2.29. The summed E-state index contributed by atoms with van der Waals surface area (Å²) in [5.74, 6) is 0.530. The van der Waals surface area contributed by atoms with Gasteiger partial charge in [-0.1, -0.05) is 6.07 Å². The Hall–Kier alpha value is -2.41. The predicted octanol–water partition coefficient (Wildman–Crippen LogP) is 1.02. The number of aryl methyl sites for hydroxylation is 1. The molecule has 2 aromatic heterocycles. The van der Waals surface area contributed by atoms with Crippen LogP contribution in [-0.4, -0.2) is 49.6 Å². The van der Waals surface area contributed by atoms with Gasteiger partial charge in [0.05, 0.1) is 31.2 Å². The molecule has 3 heterocycles. The number of hydrogen-bond acceptors (Lipinski definition) is 5. The maximum absolute atomic E-state index is 12.6. The van der Waals surface area contributed by atoms with Crippen LogP contribution in [0.5, 0.6) is 0 Å². The monoisotopic (exact) mass is 315 g/mol. The molecule has 122 valence electrons. The van der Waals surface area contributed by atoms with Crippen LogP contribution in [0.25, 0.3) is 0 Å². The van der Waals surface area contributed by atoms with Gasteiger partial charge in [-0.3, -0.25) is 4.79 Å². The fraction of sp³-hybridized carbons (Fsp3) is 0.438. The van der Waals surface area contributed by atoms with Gasteiger partial charge in [0, 0.05) is 19.8 Å². The van der Waals surface area contributed by atoms with Gasteiger partial charge in [0.25, 0.3) is 5.91 Å². The standard InChI is InChI=1S/C16H21N5O2/c1-20-11-17-8-13(20)9-18-15-6-2-5-14(19-15)16(23)21-7-3-4-12(21)10-22/h2,5-6,8,11-12,22H,3-4,7,9-10H2,1H3,(H,18,19). The van der Waals surface area contributed by atoms with E-state index in [1.165, 1.54) is 0 Å². The highest BCUT2D eigenvalue weighted by molar-refractivity contribution is 5.93. The molecule has 1 amide bonds. The van der Waals surface area contributed by atoms with Crippen LogP contribution < -0.4 is 5.32 Å². The Morgan fingerprint density at radius 3 is 3.09 bits per heavy atom. The van der Waals surface area contributed by atoms with Crippen LogP contribution in [0.4, 0.5) is 5.82 Å². The third-order valence-electron chi connectivity index (χ3n) is 4.18. The Morgan fingerprint density at radius 2 is 2.35 bits per heavy atom. The van der Waals surface area contributed by atoms with E-state index < -0.39 is 0 Å². The summed E-state index contributed by atoms with van der Waals surface area (Å²) in [4.78, 5) is 22.8. The zero-order chi connectivity index (χ0) is 16.2. The number of hydrogen-bond donors (Lipinski definition) is 2. The molecule has 1 atom stereocenters. The lowest BCUT2D eigenvalue weighted by Crippen LogP contribution is -2.38. The fourth-order valence-corrected chi connectivity index (χ4v) is 2.83. The van der Waals surface area contributed by atoms with E-state index in [2.05, 4.69) is 15.3 Å². The molecule has 1 aliphatic heterocycles. The number of pyridine rings is 1. The normalized spacial score (nSPS) is 17.5. The molecule has 1 fully saturated rings.